The number of para-hydroxylation sites is 6. The van der Waals surface area contributed by atoms with Gasteiger partial charge in [0.15, 0.2) is 0 Å². The van der Waals surface area contributed by atoms with Crippen molar-refractivity contribution in [1.82, 2.24) is 28.2 Å². The maximum Gasteiger partial charge on any atom is 0.145 e. The molecule has 0 bridgehead atoms. The van der Waals surface area contributed by atoms with Crippen LogP contribution >= 0.6 is 0 Å². The van der Waals surface area contributed by atoms with E-state index >= 15 is 0 Å². The first-order valence-corrected chi connectivity index (χ1v) is 26.2. The third-order valence-electron chi connectivity index (χ3n) is 15.9. The van der Waals surface area contributed by atoms with E-state index in [9.17, 15) is 0 Å². The molecular weight excluding hydrogens is 925 g/mol. The molecule has 4 aromatic heterocycles. The van der Waals surface area contributed by atoms with E-state index in [0.717, 1.165) is 68.3 Å². The Morgan fingerprint density at radius 1 is 0.342 bits per heavy atom. The topological polar surface area (TPSA) is 45.5 Å². The van der Waals surface area contributed by atoms with Crippen LogP contribution in [0, 0.1) is 0 Å². The second-order valence-electron chi connectivity index (χ2n) is 20.5. The second-order valence-corrected chi connectivity index (χ2v) is 20.5. The molecule has 2 aliphatic carbocycles. The lowest BCUT2D eigenvalue weighted by atomic mass is 9.81. The molecule has 360 valence electrons. The zero-order valence-electron chi connectivity index (χ0n) is 42.1. The fourth-order valence-electron chi connectivity index (χ4n) is 12.5. The number of imidazole rings is 2. The van der Waals surface area contributed by atoms with Crippen LogP contribution in [0.3, 0.4) is 0 Å². The molecule has 0 atom stereocenters. The number of benzene rings is 10. The van der Waals surface area contributed by atoms with Gasteiger partial charge in [-0.25, -0.2) is 9.97 Å². The molecule has 76 heavy (non-hydrogen) atoms. The van der Waals surface area contributed by atoms with Crippen molar-refractivity contribution in [2.24, 2.45) is 0 Å². The van der Waals surface area contributed by atoms with Gasteiger partial charge in [-0.3, -0.25) is 9.13 Å². The van der Waals surface area contributed by atoms with Crippen LogP contribution in [0.2, 0.25) is 0 Å². The molecule has 0 amide bonds. The number of hydrogen-bond donors (Lipinski definition) is 0. The highest BCUT2D eigenvalue weighted by molar-refractivity contribution is 6.00. The van der Waals surface area contributed by atoms with E-state index in [1.165, 1.54) is 72.3 Å². The Hall–Kier alpha value is -9.78. The van der Waals surface area contributed by atoms with Crippen LogP contribution in [-0.2, 0) is 11.8 Å². The van der Waals surface area contributed by atoms with Gasteiger partial charge in [0.25, 0.3) is 0 Å². The van der Waals surface area contributed by atoms with Gasteiger partial charge in [0.2, 0.25) is 0 Å². The lowest BCUT2D eigenvalue weighted by molar-refractivity contribution is 0.666. The lowest BCUT2D eigenvalue weighted by Crippen LogP contribution is -2.14. The molecule has 6 heteroatoms. The van der Waals surface area contributed by atoms with E-state index in [0.29, 0.717) is 0 Å². The molecule has 6 nitrogen and oxygen atoms in total. The van der Waals surface area contributed by atoms with Crippen LogP contribution < -0.4 is 0 Å². The first-order valence-electron chi connectivity index (χ1n) is 26.2. The highest BCUT2D eigenvalue weighted by Gasteiger charge is 2.40. The minimum absolute atomic E-state index is 0.0585. The molecular formula is C70H50N6. The quantitative estimate of drug-likeness (QED) is 0.167. The van der Waals surface area contributed by atoms with Crippen molar-refractivity contribution in [3.63, 3.8) is 0 Å². The Balaban J connectivity index is 0.000000133. The number of hydrogen-bond acceptors (Lipinski definition) is 2. The largest absolute Gasteiger partial charge is 0.309 e. The van der Waals surface area contributed by atoms with Gasteiger partial charge in [-0.1, -0.05) is 184 Å². The first-order chi connectivity index (χ1) is 37.5. The van der Waals surface area contributed by atoms with Gasteiger partial charge in [-0.05, 0) is 107 Å². The fourth-order valence-corrected chi connectivity index (χ4v) is 12.5. The third-order valence-corrected chi connectivity index (χ3v) is 15.9. The third kappa shape index (κ3) is 6.67. The van der Waals surface area contributed by atoms with E-state index in [1.54, 1.807) is 0 Å². The Kier molecular flexibility index (Phi) is 9.88. The molecule has 4 heterocycles. The maximum absolute atomic E-state index is 5.02. The number of rotatable bonds is 6. The number of fused-ring (bicyclic) bond motifs is 12. The van der Waals surface area contributed by atoms with Crippen molar-refractivity contribution in [2.75, 3.05) is 0 Å². The summed E-state index contributed by atoms with van der Waals surface area (Å²) in [5.74, 6) is 1.91. The van der Waals surface area contributed by atoms with Crippen molar-refractivity contribution < 1.29 is 0 Å². The van der Waals surface area contributed by atoms with Gasteiger partial charge in [-0.15, -0.1) is 0 Å². The Morgan fingerprint density at radius 2 is 0.750 bits per heavy atom. The minimum Gasteiger partial charge on any atom is -0.309 e. The molecule has 0 saturated carbocycles. The number of nitrogens with zero attached hydrogens (tertiary/aromatic N) is 6. The van der Waals surface area contributed by atoms with E-state index in [1.807, 2.05) is 18.2 Å². The summed E-state index contributed by atoms with van der Waals surface area (Å²) < 4.78 is 9.42. The maximum atomic E-state index is 5.02. The average Bonchev–Trinajstić information content (AvgIpc) is 4.33. The summed E-state index contributed by atoms with van der Waals surface area (Å²) in [6.07, 6.45) is 0.985. The Labute approximate surface area is 440 Å². The average molecular weight is 975 g/mol. The van der Waals surface area contributed by atoms with Gasteiger partial charge >= 0.3 is 0 Å². The monoisotopic (exact) mass is 974 g/mol. The molecule has 0 N–H and O–H groups in total. The van der Waals surface area contributed by atoms with Crippen molar-refractivity contribution in [2.45, 2.75) is 25.7 Å². The van der Waals surface area contributed by atoms with Crippen molar-refractivity contribution in [3.8, 4) is 68.0 Å². The van der Waals surface area contributed by atoms with E-state index < -0.39 is 0 Å². The van der Waals surface area contributed by atoms with Crippen molar-refractivity contribution in [1.29, 1.82) is 0 Å². The van der Waals surface area contributed by atoms with Crippen LogP contribution in [0.4, 0.5) is 0 Å². The zero-order valence-corrected chi connectivity index (χ0v) is 42.1. The van der Waals surface area contributed by atoms with E-state index in [-0.39, 0.29) is 5.41 Å². The van der Waals surface area contributed by atoms with Gasteiger partial charge in [-0.2, -0.15) is 0 Å². The normalized spacial score (nSPS) is 12.9. The first kappa shape index (κ1) is 43.8. The van der Waals surface area contributed by atoms with Gasteiger partial charge in [0, 0.05) is 67.6 Å². The molecule has 10 aromatic carbocycles. The fraction of sp³-hybridized carbons (Fsp3) is 0.0571. The molecule has 0 radical (unpaired) electrons. The summed E-state index contributed by atoms with van der Waals surface area (Å²) in [6, 6.07) is 90.7. The summed E-state index contributed by atoms with van der Waals surface area (Å²) in [6.45, 7) is 4.71. The van der Waals surface area contributed by atoms with Crippen LogP contribution in [0.15, 0.2) is 255 Å². The SMILES string of the molecule is CC1(C)c2ccccc2-c2c1c1ccccc1n2-c1ccc(-n2c(-c3ccccc3)nc3ccccc32)cc1.c1ccc(-c2nc3ccccc3n2-c2ccc(-n3c4c(c5ccccc53)Cc3ccccc3-4)cc2)cc1. The number of aromatic nitrogens is 6. The highest BCUT2D eigenvalue weighted by Crippen LogP contribution is 2.53. The van der Waals surface area contributed by atoms with E-state index in [2.05, 4.69) is 269 Å². The van der Waals surface area contributed by atoms with Crippen LogP contribution in [0.25, 0.3) is 112 Å². The zero-order chi connectivity index (χ0) is 50.5. The van der Waals surface area contributed by atoms with Crippen LogP contribution in [0.5, 0.6) is 0 Å². The van der Waals surface area contributed by atoms with Crippen LogP contribution in [0.1, 0.15) is 36.1 Å². The molecule has 2 aliphatic rings. The Morgan fingerprint density at radius 3 is 1.32 bits per heavy atom. The molecule has 0 spiro atoms. The summed E-state index contributed by atoms with van der Waals surface area (Å²) in [5.41, 5.74) is 24.3. The van der Waals surface area contributed by atoms with Crippen molar-refractivity contribution >= 4 is 43.9 Å². The molecule has 0 saturated heterocycles. The Bertz CT molecular complexity index is 4550. The van der Waals surface area contributed by atoms with Gasteiger partial charge < -0.3 is 9.13 Å². The molecule has 0 unspecified atom stereocenters. The molecule has 14 aromatic rings. The van der Waals surface area contributed by atoms with Gasteiger partial charge in [0.1, 0.15) is 11.6 Å². The minimum atomic E-state index is -0.0585. The van der Waals surface area contributed by atoms with Crippen molar-refractivity contribution in [3.05, 3.63) is 277 Å². The summed E-state index contributed by atoms with van der Waals surface area (Å²) in [4.78, 5) is 10.0. The second kappa shape index (κ2) is 17.2. The highest BCUT2D eigenvalue weighted by atomic mass is 15.1. The molecule has 0 aliphatic heterocycles. The molecule has 0 fully saturated rings. The molecule has 16 rings (SSSR count). The van der Waals surface area contributed by atoms with E-state index in [4.69, 9.17) is 9.97 Å². The van der Waals surface area contributed by atoms with Crippen LogP contribution in [-0.4, -0.2) is 28.2 Å². The smallest absolute Gasteiger partial charge is 0.145 e. The standard InChI is InChI=1S/C36H27N3.C34H23N3/c1-36(2)29-16-8-6-14-27(29)34-33(36)28-15-7-10-18-31(28)38(34)25-20-22-26(23-21-25)39-32-19-11-9-17-30(32)37-35(39)24-12-4-3-5-13-24;1-2-10-23(11-3-1)34-35-30-15-7-9-17-32(30)37(34)26-20-18-25(19-21-26)36-31-16-8-6-14-28(31)29-22-24-12-4-5-13-27(24)33(29)36/h3-23H,1-2H3;1-21H,22H2. The summed E-state index contributed by atoms with van der Waals surface area (Å²) >= 11 is 0. The lowest BCUT2D eigenvalue weighted by Gasteiger charge is -2.21. The predicted octanol–water partition coefficient (Wildman–Crippen LogP) is 17.2. The van der Waals surface area contributed by atoms with Gasteiger partial charge in [0.05, 0.1) is 44.5 Å². The summed E-state index contributed by atoms with van der Waals surface area (Å²) in [7, 11) is 0. The summed E-state index contributed by atoms with van der Waals surface area (Å²) in [5, 5.41) is 2.66. The predicted molar refractivity (Wildman–Crippen MR) is 312 cm³/mol.